The van der Waals surface area contributed by atoms with Crippen LogP contribution in [-0.4, -0.2) is 25.1 Å². The summed E-state index contributed by atoms with van der Waals surface area (Å²) < 4.78 is 10.6. The van der Waals surface area contributed by atoms with Crippen molar-refractivity contribution in [2.75, 3.05) is 18.5 Å². The molecule has 0 spiro atoms. The van der Waals surface area contributed by atoms with Crippen molar-refractivity contribution in [3.8, 4) is 5.75 Å². The van der Waals surface area contributed by atoms with Crippen molar-refractivity contribution >= 4 is 17.6 Å². The van der Waals surface area contributed by atoms with E-state index in [9.17, 15) is 9.59 Å². The highest BCUT2D eigenvalue weighted by Crippen LogP contribution is 2.26. The molecule has 0 saturated carbocycles. The Balaban J connectivity index is 1.61. The molecule has 0 fully saturated rings. The Kier molecular flexibility index (Phi) is 5.33. The second-order valence-electron chi connectivity index (χ2n) is 5.94. The van der Waals surface area contributed by atoms with Crippen LogP contribution in [0.15, 0.2) is 42.5 Å². The molecule has 130 valence electrons. The van der Waals surface area contributed by atoms with Crippen molar-refractivity contribution in [3.63, 3.8) is 0 Å². The van der Waals surface area contributed by atoms with Gasteiger partial charge in [-0.05, 0) is 54.4 Å². The number of anilines is 1. The van der Waals surface area contributed by atoms with Crippen molar-refractivity contribution in [1.29, 1.82) is 0 Å². The van der Waals surface area contributed by atoms with Gasteiger partial charge in [0.05, 0.1) is 18.8 Å². The van der Waals surface area contributed by atoms with Gasteiger partial charge in [-0.25, -0.2) is 4.79 Å². The number of hydrogen-bond acceptors (Lipinski definition) is 4. The van der Waals surface area contributed by atoms with Crippen molar-refractivity contribution in [2.24, 2.45) is 0 Å². The molecule has 5 heteroatoms. The molecule has 2 aromatic carbocycles. The number of amides is 1. The highest BCUT2D eigenvalue weighted by Gasteiger charge is 2.15. The Hall–Kier alpha value is -2.82. The third kappa shape index (κ3) is 4.18. The minimum Gasteiger partial charge on any atom is -0.493 e. The minimum atomic E-state index is -0.343. The fourth-order valence-corrected chi connectivity index (χ4v) is 2.61. The molecule has 0 saturated heterocycles. The fraction of sp³-hybridized carbons (Fsp3) is 0.300. The summed E-state index contributed by atoms with van der Waals surface area (Å²) in [5.74, 6) is 0.320. The molecule has 25 heavy (non-hydrogen) atoms. The molecule has 1 heterocycles. The summed E-state index contributed by atoms with van der Waals surface area (Å²) in [5.41, 5.74) is 2.75. The zero-order valence-corrected chi connectivity index (χ0v) is 14.2. The molecule has 1 N–H and O–H groups in total. The van der Waals surface area contributed by atoms with Gasteiger partial charge in [0.1, 0.15) is 5.75 Å². The van der Waals surface area contributed by atoms with Gasteiger partial charge < -0.3 is 14.8 Å². The van der Waals surface area contributed by atoms with Crippen LogP contribution in [0, 0.1) is 0 Å². The van der Waals surface area contributed by atoms with Crippen LogP contribution in [0.5, 0.6) is 5.75 Å². The number of fused-ring (bicyclic) bond motifs is 1. The molecule has 0 aromatic heterocycles. The Bertz CT molecular complexity index is 768. The third-order valence-electron chi connectivity index (χ3n) is 4.06. The smallest absolute Gasteiger partial charge is 0.338 e. The summed E-state index contributed by atoms with van der Waals surface area (Å²) in [5, 5.41) is 2.84. The maximum absolute atomic E-state index is 12.4. The van der Waals surface area contributed by atoms with E-state index in [4.69, 9.17) is 9.47 Å². The number of benzene rings is 2. The molecular formula is C20H21NO4. The molecule has 5 nitrogen and oxygen atoms in total. The number of hydrogen-bond donors (Lipinski definition) is 1. The van der Waals surface area contributed by atoms with E-state index < -0.39 is 0 Å². The van der Waals surface area contributed by atoms with Crippen LogP contribution in [0.25, 0.3) is 0 Å². The molecule has 1 aliphatic rings. The van der Waals surface area contributed by atoms with Crippen molar-refractivity contribution in [3.05, 3.63) is 59.2 Å². The first-order chi connectivity index (χ1) is 12.2. The lowest BCUT2D eigenvalue weighted by molar-refractivity contribution is 0.0499. The van der Waals surface area contributed by atoms with Gasteiger partial charge in [0.2, 0.25) is 0 Å². The Morgan fingerprint density at radius 3 is 2.64 bits per heavy atom. The molecule has 0 bridgehead atoms. The van der Waals surface area contributed by atoms with Crippen molar-refractivity contribution in [1.82, 2.24) is 0 Å². The first-order valence-electron chi connectivity index (χ1n) is 8.51. The van der Waals surface area contributed by atoms with Crippen molar-refractivity contribution in [2.45, 2.75) is 26.2 Å². The maximum Gasteiger partial charge on any atom is 0.338 e. The van der Waals surface area contributed by atoms with Gasteiger partial charge in [0.25, 0.3) is 5.91 Å². The van der Waals surface area contributed by atoms with E-state index in [1.54, 1.807) is 30.3 Å². The summed E-state index contributed by atoms with van der Waals surface area (Å²) in [6.45, 7) is 3.13. The first kappa shape index (κ1) is 17.0. The zero-order valence-electron chi connectivity index (χ0n) is 14.2. The van der Waals surface area contributed by atoms with Crippen molar-refractivity contribution < 1.29 is 19.1 Å². The predicted octanol–water partition coefficient (Wildman–Crippen LogP) is 3.83. The average molecular weight is 339 g/mol. The highest BCUT2D eigenvalue weighted by molar-refractivity contribution is 6.04. The summed E-state index contributed by atoms with van der Waals surface area (Å²) >= 11 is 0. The Labute approximate surface area is 147 Å². The second kappa shape index (κ2) is 7.83. The van der Waals surface area contributed by atoms with Gasteiger partial charge in [0.15, 0.2) is 0 Å². The van der Waals surface area contributed by atoms with E-state index in [-0.39, 0.29) is 11.9 Å². The predicted molar refractivity (Wildman–Crippen MR) is 95.2 cm³/mol. The molecule has 1 aliphatic heterocycles. The third-order valence-corrected chi connectivity index (χ3v) is 4.06. The van der Waals surface area contributed by atoms with Gasteiger partial charge in [-0.1, -0.05) is 13.3 Å². The molecule has 1 amide bonds. The first-order valence-corrected chi connectivity index (χ1v) is 8.51. The number of unbranched alkanes of at least 4 members (excludes halogenated alkanes) is 1. The monoisotopic (exact) mass is 339 g/mol. The number of carbonyl (C=O) groups excluding carboxylic acids is 2. The molecule has 0 aliphatic carbocycles. The molecule has 0 atom stereocenters. The van der Waals surface area contributed by atoms with Gasteiger partial charge in [-0.15, -0.1) is 0 Å². The van der Waals surface area contributed by atoms with E-state index in [1.807, 2.05) is 19.1 Å². The van der Waals surface area contributed by atoms with E-state index in [0.717, 1.165) is 30.6 Å². The Morgan fingerprint density at radius 1 is 1.12 bits per heavy atom. The molecule has 3 rings (SSSR count). The minimum absolute atomic E-state index is 0.187. The molecule has 0 radical (unpaired) electrons. The van der Waals surface area contributed by atoms with Gasteiger partial charge in [-0.3, -0.25) is 4.79 Å². The van der Waals surface area contributed by atoms with E-state index in [1.165, 1.54) is 0 Å². The zero-order chi connectivity index (χ0) is 17.6. The SMILES string of the molecule is CCCCOC(=O)c1ccc(NC(=O)c2ccc3c(c2)CCO3)cc1. The second-order valence-corrected chi connectivity index (χ2v) is 5.94. The average Bonchev–Trinajstić information content (AvgIpc) is 3.10. The van der Waals surface area contributed by atoms with E-state index in [2.05, 4.69) is 5.32 Å². The lowest BCUT2D eigenvalue weighted by Crippen LogP contribution is -2.12. The van der Waals surface area contributed by atoms with E-state index in [0.29, 0.717) is 30.0 Å². The van der Waals surface area contributed by atoms with Crippen LogP contribution in [0.1, 0.15) is 46.0 Å². The maximum atomic E-state index is 12.4. The van der Waals surface area contributed by atoms with Crippen LogP contribution in [0.4, 0.5) is 5.69 Å². The van der Waals surface area contributed by atoms with Gasteiger partial charge in [0, 0.05) is 17.7 Å². The number of ether oxygens (including phenoxy) is 2. The Morgan fingerprint density at radius 2 is 1.88 bits per heavy atom. The lowest BCUT2D eigenvalue weighted by Gasteiger charge is -2.08. The molecule has 0 unspecified atom stereocenters. The number of nitrogens with one attached hydrogen (secondary N) is 1. The van der Waals surface area contributed by atoms with Crippen LogP contribution < -0.4 is 10.1 Å². The van der Waals surface area contributed by atoms with Gasteiger partial charge in [-0.2, -0.15) is 0 Å². The van der Waals surface area contributed by atoms with Gasteiger partial charge >= 0.3 is 5.97 Å². The normalized spacial score (nSPS) is 12.2. The summed E-state index contributed by atoms with van der Waals surface area (Å²) in [7, 11) is 0. The number of carbonyl (C=O) groups is 2. The summed E-state index contributed by atoms with van der Waals surface area (Å²) in [6, 6.07) is 12.1. The highest BCUT2D eigenvalue weighted by atomic mass is 16.5. The fourth-order valence-electron chi connectivity index (χ4n) is 2.61. The number of esters is 1. The topological polar surface area (TPSA) is 64.6 Å². The van der Waals surface area contributed by atoms with Crippen LogP contribution >= 0.6 is 0 Å². The van der Waals surface area contributed by atoms with E-state index >= 15 is 0 Å². The van der Waals surface area contributed by atoms with Crippen LogP contribution in [0.3, 0.4) is 0 Å². The standard InChI is InChI=1S/C20H21NO4/c1-2-3-11-25-20(23)14-4-7-17(8-5-14)21-19(22)16-6-9-18-15(13-16)10-12-24-18/h4-9,13H,2-3,10-12H2,1H3,(H,21,22). The molecule has 2 aromatic rings. The molecular weight excluding hydrogens is 318 g/mol. The summed E-state index contributed by atoms with van der Waals surface area (Å²) in [4.78, 5) is 24.2. The largest absolute Gasteiger partial charge is 0.493 e. The summed E-state index contributed by atoms with van der Waals surface area (Å²) in [6.07, 6.45) is 2.66. The number of rotatable bonds is 6. The quantitative estimate of drug-likeness (QED) is 0.642. The van der Waals surface area contributed by atoms with Crippen LogP contribution in [-0.2, 0) is 11.2 Å². The van der Waals surface area contributed by atoms with Crippen LogP contribution in [0.2, 0.25) is 0 Å². The lowest BCUT2D eigenvalue weighted by atomic mass is 10.1.